The van der Waals surface area contributed by atoms with Crippen molar-refractivity contribution >= 4 is 40.3 Å². The second kappa shape index (κ2) is 8.77. The highest BCUT2D eigenvalue weighted by atomic mass is 32.1. The Hall–Kier alpha value is -3.19. The van der Waals surface area contributed by atoms with E-state index in [1.165, 1.54) is 11.3 Å². The first-order chi connectivity index (χ1) is 12.7. The van der Waals surface area contributed by atoms with Crippen LogP contribution >= 0.6 is 11.3 Å². The molecule has 2 aromatic carbocycles. The number of anilines is 2. The number of amides is 2. The fourth-order valence-corrected chi connectivity index (χ4v) is 2.79. The second-order valence-corrected chi connectivity index (χ2v) is 6.24. The van der Waals surface area contributed by atoms with Gasteiger partial charge in [-0.2, -0.15) is 0 Å². The Morgan fingerprint density at radius 3 is 2.54 bits per heavy atom. The molecule has 0 aliphatic rings. The summed E-state index contributed by atoms with van der Waals surface area (Å²) >= 11 is 1.30. The van der Waals surface area contributed by atoms with Gasteiger partial charge in [-0.15, -0.1) is 10.2 Å². The Bertz CT molecular complexity index is 876. The van der Waals surface area contributed by atoms with E-state index in [1.807, 2.05) is 49.4 Å². The Labute approximate surface area is 155 Å². The fourth-order valence-electron chi connectivity index (χ4n) is 2.14. The van der Waals surface area contributed by atoms with E-state index in [9.17, 15) is 4.79 Å². The van der Waals surface area contributed by atoms with Gasteiger partial charge in [0, 0.05) is 5.69 Å². The maximum absolute atomic E-state index is 12.0. The predicted octanol–water partition coefficient (Wildman–Crippen LogP) is 4.75. The number of hydrogen-bond donors (Lipinski definition) is 2. The van der Waals surface area contributed by atoms with Gasteiger partial charge in [-0.25, -0.2) is 4.79 Å². The number of aromatic nitrogens is 2. The summed E-state index contributed by atoms with van der Waals surface area (Å²) in [5.74, 6) is 0.762. The summed E-state index contributed by atoms with van der Waals surface area (Å²) in [6.07, 6.45) is 3.81. The Kier molecular flexibility index (Phi) is 5.95. The molecule has 0 bridgehead atoms. The second-order valence-electron chi connectivity index (χ2n) is 5.23. The van der Waals surface area contributed by atoms with E-state index in [-0.39, 0.29) is 6.03 Å². The number of ether oxygens (including phenoxy) is 1. The van der Waals surface area contributed by atoms with Gasteiger partial charge < -0.3 is 10.1 Å². The first-order valence-electron chi connectivity index (χ1n) is 8.10. The molecule has 0 aliphatic carbocycles. The number of carbonyl (C=O) groups excluding carboxylic acids is 1. The molecule has 0 unspecified atom stereocenters. The largest absolute Gasteiger partial charge is 0.494 e. The molecule has 132 valence electrons. The molecule has 7 heteroatoms. The molecule has 0 radical (unpaired) electrons. The molecule has 2 amide bonds. The summed E-state index contributed by atoms with van der Waals surface area (Å²) in [7, 11) is 0. The van der Waals surface area contributed by atoms with Crippen LogP contribution in [0.4, 0.5) is 15.6 Å². The predicted molar refractivity (Wildman–Crippen MR) is 106 cm³/mol. The molecule has 6 nitrogen and oxygen atoms in total. The third-order valence-electron chi connectivity index (χ3n) is 3.30. The van der Waals surface area contributed by atoms with Gasteiger partial charge in [-0.3, -0.25) is 5.32 Å². The number of urea groups is 1. The van der Waals surface area contributed by atoms with Crippen molar-refractivity contribution in [2.24, 2.45) is 0 Å². The Morgan fingerprint density at radius 2 is 1.81 bits per heavy atom. The third-order valence-corrected chi connectivity index (χ3v) is 4.11. The van der Waals surface area contributed by atoms with Crippen molar-refractivity contribution < 1.29 is 9.53 Å². The van der Waals surface area contributed by atoms with Crippen molar-refractivity contribution in [1.29, 1.82) is 0 Å². The van der Waals surface area contributed by atoms with Crippen molar-refractivity contribution in [2.45, 2.75) is 6.92 Å². The van der Waals surface area contributed by atoms with Gasteiger partial charge in [0.2, 0.25) is 5.13 Å². The van der Waals surface area contributed by atoms with Crippen LogP contribution in [-0.4, -0.2) is 22.8 Å². The summed E-state index contributed by atoms with van der Waals surface area (Å²) in [6, 6.07) is 16.7. The minimum absolute atomic E-state index is 0.371. The number of nitrogens with one attached hydrogen (secondary N) is 2. The zero-order valence-electron chi connectivity index (χ0n) is 14.2. The van der Waals surface area contributed by atoms with Crippen LogP contribution in [0.25, 0.3) is 12.2 Å². The lowest BCUT2D eigenvalue weighted by Crippen LogP contribution is -2.19. The molecule has 1 heterocycles. The Balaban J connectivity index is 1.55. The van der Waals surface area contributed by atoms with Crippen LogP contribution in [-0.2, 0) is 0 Å². The molecule has 0 saturated carbocycles. The van der Waals surface area contributed by atoms with E-state index in [2.05, 4.69) is 20.8 Å². The summed E-state index contributed by atoms with van der Waals surface area (Å²) in [5.41, 5.74) is 1.74. The standard InChI is InChI=1S/C19H18N4O2S/c1-2-25-16-11-9-15(10-12-16)20-18(24)21-19-23-22-17(26-19)13-8-14-6-4-3-5-7-14/h3-13H,2H2,1H3,(H2,20,21,23,24). The minimum Gasteiger partial charge on any atom is -0.494 e. The molecular formula is C19H18N4O2S. The van der Waals surface area contributed by atoms with Gasteiger partial charge in [0.15, 0.2) is 0 Å². The van der Waals surface area contributed by atoms with Gasteiger partial charge in [-0.05, 0) is 42.8 Å². The number of hydrogen-bond acceptors (Lipinski definition) is 5. The van der Waals surface area contributed by atoms with Crippen LogP contribution in [0.3, 0.4) is 0 Å². The van der Waals surface area contributed by atoms with E-state index < -0.39 is 0 Å². The normalized spacial score (nSPS) is 10.7. The highest BCUT2D eigenvalue weighted by Crippen LogP contribution is 2.19. The maximum Gasteiger partial charge on any atom is 0.325 e. The minimum atomic E-state index is -0.371. The highest BCUT2D eigenvalue weighted by molar-refractivity contribution is 7.16. The average Bonchev–Trinajstić information content (AvgIpc) is 3.10. The van der Waals surface area contributed by atoms with Crippen molar-refractivity contribution in [2.75, 3.05) is 17.2 Å². The number of rotatable bonds is 6. The number of carbonyl (C=O) groups is 1. The first-order valence-corrected chi connectivity index (χ1v) is 8.92. The van der Waals surface area contributed by atoms with Gasteiger partial charge in [0.05, 0.1) is 6.61 Å². The molecule has 3 aromatic rings. The van der Waals surface area contributed by atoms with Gasteiger partial charge >= 0.3 is 6.03 Å². The monoisotopic (exact) mass is 366 g/mol. The third kappa shape index (κ3) is 5.15. The average molecular weight is 366 g/mol. The molecule has 0 atom stereocenters. The molecule has 1 aromatic heterocycles. The smallest absolute Gasteiger partial charge is 0.325 e. The van der Waals surface area contributed by atoms with Crippen molar-refractivity contribution in [3.05, 3.63) is 65.2 Å². The zero-order chi connectivity index (χ0) is 18.2. The number of nitrogens with zero attached hydrogens (tertiary/aromatic N) is 2. The van der Waals surface area contributed by atoms with Crippen LogP contribution in [0.2, 0.25) is 0 Å². The molecule has 3 rings (SSSR count). The molecular weight excluding hydrogens is 348 g/mol. The lowest BCUT2D eigenvalue weighted by molar-refractivity contribution is 0.262. The quantitative estimate of drug-likeness (QED) is 0.660. The SMILES string of the molecule is CCOc1ccc(NC(=O)Nc2nnc(C=Cc3ccccc3)s2)cc1. The molecule has 0 spiro atoms. The lowest BCUT2D eigenvalue weighted by atomic mass is 10.2. The van der Waals surface area contributed by atoms with Crippen molar-refractivity contribution in [1.82, 2.24) is 10.2 Å². The summed E-state index contributed by atoms with van der Waals surface area (Å²) in [6.45, 7) is 2.52. The zero-order valence-corrected chi connectivity index (χ0v) is 15.0. The summed E-state index contributed by atoms with van der Waals surface area (Å²) < 4.78 is 5.37. The van der Waals surface area contributed by atoms with E-state index in [4.69, 9.17) is 4.74 Å². The van der Waals surface area contributed by atoms with E-state index >= 15 is 0 Å². The van der Waals surface area contributed by atoms with Crippen LogP contribution in [0.15, 0.2) is 54.6 Å². The van der Waals surface area contributed by atoms with Crippen molar-refractivity contribution in [3.8, 4) is 5.75 Å². The van der Waals surface area contributed by atoms with Crippen LogP contribution < -0.4 is 15.4 Å². The van der Waals surface area contributed by atoms with E-state index in [1.54, 1.807) is 24.3 Å². The molecule has 26 heavy (non-hydrogen) atoms. The maximum atomic E-state index is 12.0. The van der Waals surface area contributed by atoms with Crippen LogP contribution in [0.1, 0.15) is 17.5 Å². The van der Waals surface area contributed by atoms with Crippen LogP contribution in [0.5, 0.6) is 5.75 Å². The molecule has 0 aliphatic heterocycles. The molecule has 2 N–H and O–H groups in total. The van der Waals surface area contributed by atoms with Gasteiger partial charge in [0.1, 0.15) is 10.8 Å². The molecule has 0 fully saturated rings. The summed E-state index contributed by atoms with van der Waals surface area (Å²) in [5, 5.41) is 14.6. The van der Waals surface area contributed by atoms with E-state index in [0.717, 1.165) is 11.3 Å². The van der Waals surface area contributed by atoms with Gasteiger partial charge in [0.25, 0.3) is 0 Å². The summed E-state index contributed by atoms with van der Waals surface area (Å²) in [4.78, 5) is 12.0. The topological polar surface area (TPSA) is 76.1 Å². The lowest BCUT2D eigenvalue weighted by Gasteiger charge is -2.06. The fraction of sp³-hybridized carbons (Fsp3) is 0.105. The highest BCUT2D eigenvalue weighted by Gasteiger charge is 2.07. The van der Waals surface area contributed by atoms with Crippen LogP contribution in [0, 0.1) is 0 Å². The molecule has 0 saturated heterocycles. The number of benzene rings is 2. The van der Waals surface area contributed by atoms with Crippen molar-refractivity contribution in [3.63, 3.8) is 0 Å². The van der Waals surface area contributed by atoms with E-state index in [0.29, 0.717) is 22.4 Å². The first kappa shape index (κ1) is 17.6. The van der Waals surface area contributed by atoms with Gasteiger partial charge in [-0.1, -0.05) is 47.7 Å². The Morgan fingerprint density at radius 1 is 1.04 bits per heavy atom.